The van der Waals surface area contributed by atoms with Crippen molar-refractivity contribution in [1.82, 2.24) is 16.0 Å². The topological polar surface area (TPSA) is 74.8 Å². The Balaban J connectivity index is 0.00000576. The molecule has 7 heteroatoms. The van der Waals surface area contributed by atoms with Crippen LogP contribution in [0.25, 0.3) is 0 Å². The minimum Gasteiger partial charge on any atom is -0.385 e. The largest absolute Gasteiger partial charge is 0.385 e. The van der Waals surface area contributed by atoms with Gasteiger partial charge in [0.2, 0.25) is 5.91 Å². The van der Waals surface area contributed by atoms with Gasteiger partial charge in [-0.05, 0) is 38.0 Å². The van der Waals surface area contributed by atoms with Gasteiger partial charge in [-0.1, -0.05) is 19.8 Å². The van der Waals surface area contributed by atoms with Gasteiger partial charge in [-0.15, -0.1) is 24.0 Å². The minimum atomic E-state index is 0. The predicted molar refractivity (Wildman–Crippen MR) is 115 cm³/mol. The second-order valence-corrected chi connectivity index (χ2v) is 6.67. The summed E-state index contributed by atoms with van der Waals surface area (Å²) in [6.45, 7) is 7.91. The summed E-state index contributed by atoms with van der Waals surface area (Å²) in [6, 6.07) is 0. The molecule has 6 nitrogen and oxygen atoms in total. The van der Waals surface area contributed by atoms with Gasteiger partial charge in [0.1, 0.15) is 0 Å². The Morgan fingerprint density at radius 2 is 1.84 bits per heavy atom. The zero-order valence-electron chi connectivity index (χ0n) is 16.2. The number of ether oxygens (including phenoxy) is 1. The molecule has 1 rings (SSSR count). The summed E-state index contributed by atoms with van der Waals surface area (Å²) >= 11 is 0. The van der Waals surface area contributed by atoms with E-state index in [1.807, 2.05) is 0 Å². The Bertz CT molecular complexity index is 385. The first-order valence-corrected chi connectivity index (χ1v) is 9.43. The lowest BCUT2D eigenvalue weighted by Gasteiger charge is -2.27. The summed E-state index contributed by atoms with van der Waals surface area (Å²) in [5.41, 5.74) is 0.289. The molecule has 1 fully saturated rings. The number of aliphatic imine (C=N–C) groups is 1. The summed E-state index contributed by atoms with van der Waals surface area (Å²) < 4.78 is 5.28. The highest BCUT2D eigenvalue weighted by Crippen LogP contribution is 2.41. The number of hydrogen-bond acceptors (Lipinski definition) is 3. The molecule has 0 aliphatic heterocycles. The highest BCUT2D eigenvalue weighted by atomic mass is 127. The zero-order valence-corrected chi connectivity index (χ0v) is 18.5. The van der Waals surface area contributed by atoms with Gasteiger partial charge < -0.3 is 20.7 Å². The molecule has 1 saturated carbocycles. The van der Waals surface area contributed by atoms with Gasteiger partial charge in [-0.25, -0.2) is 0 Å². The van der Waals surface area contributed by atoms with E-state index in [-0.39, 0.29) is 35.3 Å². The van der Waals surface area contributed by atoms with Crippen LogP contribution in [0.5, 0.6) is 0 Å². The maximum Gasteiger partial charge on any atom is 0.221 e. The molecular formula is C18H37IN4O2. The minimum absolute atomic E-state index is 0. The van der Waals surface area contributed by atoms with E-state index in [1.54, 1.807) is 7.11 Å². The van der Waals surface area contributed by atoms with Gasteiger partial charge in [0.05, 0.1) is 0 Å². The monoisotopic (exact) mass is 468 g/mol. The summed E-state index contributed by atoms with van der Waals surface area (Å²) in [6.07, 6.45) is 7.57. The number of methoxy groups -OCH3 is 1. The molecule has 0 bridgehead atoms. The van der Waals surface area contributed by atoms with E-state index < -0.39 is 0 Å². The van der Waals surface area contributed by atoms with Crippen LogP contribution in [0, 0.1) is 5.41 Å². The molecule has 0 radical (unpaired) electrons. The number of halogens is 1. The lowest BCUT2D eigenvalue weighted by Crippen LogP contribution is -2.40. The molecule has 0 aromatic heterocycles. The molecule has 0 saturated heterocycles. The van der Waals surface area contributed by atoms with E-state index in [1.165, 1.54) is 25.7 Å². The standard InChI is InChI=1S/C18H36N4O2.HI/c1-4-12-20-16(23)8-13-21-17(19-5-2)22-15-18(11-14-24-3)9-6-7-10-18;/h4-15H2,1-3H3,(H,20,23)(H2,19,21,22);1H. The third-order valence-corrected chi connectivity index (χ3v) is 4.63. The van der Waals surface area contributed by atoms with Crippen molar-refractivity contribution >= 4 is 35.8 Å². The second-order valence-electron chi connectivity index (χ2n) is 6.67. The van der Waals surface area contributed by atoms with Crippen LogP contribution in [0.4, 0.5) is 0 Å². The van der Waals surface area contributed by atoms with Gasteiger partial charge in [-0.2, -0.15) is 0 Å². The number of nitrogens with one attached hydrogen (secondary N) is 3. The quantitative estimate of drug-likeness (QED) is 0.248. The number of hydrogen-bond donors (Lipinski definition) is 3. The molecule has 1 aliphatic carbocycles. The fourth-order valence-corrected chi connectivity index (χ4v) is 3.17. The van der Waals surface area contributed by atoms with Crippen molar-refractivity contribution in [1.29, 1.82) is 0 Å². The SMILES string of the molecule is CCCNC(=O)CCNC(=NCC1(CCOC)CCCC1)NCC.I. The second kappa shape index (κ2) is 14.6. The van der Waals surface area contributed by atoms with Crippen molar-refractivity contribution in [3.05, 3.63) is 0 Å². The Hall–Kier alpha value is -0.570. The number of carbonyl (C=O) groups excluding carboxylic acids is 1. The molecular weight excluding hydrogens is 431 g/mol. The van der Waals surface area contributed by atoms with Crippen LogP contribution in [0.3, 0.4) is 0 Å². The van der Waals surface area contributed by atoms with Crippen LogP contribution in [0.2, 0.25) is 0 Å². The molecule has 1 aliphatic rings. The number of guanidine groups is 1. The summed E-state index contributed by atoms with van der Waals surface area (Å²) in [5, 5.41) is 9.44. The van der Waals surface area contributed by atoms with E-state index in [0.29, 0.717) is 13.0 Å². The van der Waals surface area contributed by atoms with Crippen LogP contribution in [0.15, 0.2) is 4.99 Å². The van der Waals surface area contributed by atoms with Crippen molar-refractivity contribution in [2.75, 3.05) is 39.9 Å². The molecule has 0 aromatic rings. The van der Waals surface area contributed by atoms with Crippen LogP contribution < -0.4 is 16.0 Å². The number of carbonyl (C=O) groups is 1. The predicted octanol–water partition coefficient (Wildman–Crippen LogP) is 2.67. The van der Waals surface area contributed by atoms with Crippen molar-refractivity contribution in [2.45, 2.75) is 58.8 Å². The van der Waals surface area contributed by atoms with E-state index in [2.05, 4.69) is 29.8 Å². The highest BCUT2D eigenvalue weighted by Gasteiger charge is 2.33. The lowest BCUT2D eigenvalue weighted by molar-refractivity contribution is -0.120. The first-order valence-electron chi connectivity index (χ1n) is 9.43. The van der Waals surface area contributed by atoms with E-state index in [4.69, 9.17) is 9.73 Å². The number of amides is 1. The van der Waals surface area contributed by atoms with Crippen molar-refractivity contribution in [3.63, 3.8) is 0 Å². The Kier molecular flexibility index (Phi) is 14.3. The summed E-state index contributed by atoms with van der Waals surface area (Å²) in [7, 11) is 1.77. The van der Waals surface area contributed by atoms with E-state index in [9.17, 15) is 4.79 Å². The lowest BCUT2D eigenvalue weighted by atomic mass is 9.83. The molecule has 1 amide bonds. The summed E-state index contributed by atoms with van der Waals surface area (Å²) in [5.74, 6) is 0.900. The molecule has 25 heavy (non-hydrogen) atoms. The van der Waals surface area contributed by atoms with Crippen molar-refractivity contribution in [2.24, 2.45) is 10.4 Å². The number of nitrogens with zero attached hydrogens (tertiary/aromatic N) is 1. The zero-order chi connectivity index (χ0) is 17.7. The Morgan fingerprint density at radius 1 is 1.12 bits per heavy atom. The van der Waals surface area contributed by atoms with Gasteiger partial charge in [0.25, 0.3) is 0 Å². The Labute approximate surface area is 170 Å². The average molecular weight is 468 g/mol. The normalized spacial score (nSPS) is 16.2. The van der Waals surface area contributed by atoms with Crippen LogP contribution in [-0.2, 0) is 9.53 Å². The smallest absolute Gasteiger partial charge is 0.221 e. The van der Waals surface area contributed by atoms with Crippen LogP contribution >= 0.6 is 24.0 Å². The van der Waals surface area contributed by atoms with E-state index in [0.717, 1.165) is 45.0 Å². The Morgan fingerprint density at radius 3 is 2.44 bits per heavy atom. The summed E-state index contributed by atoms with van der Waals surface area (Å²) in [4.78, 5) is 16.4. The third-order valence-electron chi connectivity index (χ3n) is 4.63. The fourth-order valence-electron chi connectivity index (χ4n) is 3.17. The maximum atomic E-state index is 11.7. The molecule has 0 atom stereocenters. The third kappa shape index (κ3) is 10.2. The molecule has 3 N–H and O–H groups in total. The molecule has 0 unspecified atom stereocenters. The van der Waals surface area contributed by atoms with Gasteiger partial charge in [-0.3, -0.25) is 9.79 Å². The molecule has 0 heterocycles. The van der Waals surface area contributed by atoms with Crippen molar-refractivity contribution < 1.29 is 9.53 Å². The average Bonchev–Trinajstić information content (AvgIpc) is 3.05. The fraction of sp³-hybridized carbons (Fsp3) is 0.889. The van der Waals surface area contributed by atoms with Crippen molar-refractivity contribution in [3.8, 4) is 0 Å². The molecule has 0 aromatic carbocycles. The van der Waals surface area contributed by atoms with Gasteiger partial charge in [0, 0.05) is 46.3 Å². The highest BCUT2D eigenvalue weighted by molar-refractivity contribution is 14.0. The van der Waals surface area contributed by atoms with E-state index >= 15 is 0 Å². The van der Waals surface area contributed by atoms with Crippen LogP contribution in [0.1, 0.15) is 58.8 Å². The van der Waals surface area contributed by atoms with Gasteiger partial charge in [0.15, 0.2) is 5.96 Å². The molecule has 148 valence electrons. The van der Waals surface area contributed by atoms with Gasteiger partial charge >= 0.3 is 0 Å². The molecule has 0 spiro atoms. The first-order chi connectivity index (χ1) is 11.7. The van der Waals surface area contributed by atoms with Crippen LogP contribution in [-0.4, -0.2) is 51.8 Å². The first kappa shape index (κ1) is 24.4. The maximum absolute atomic E-state index is 11.7. The number of rotatable bonds is 11.